The van der Waals surface area contributed by atoms with E-state index in [2.05, 4.69) is 37.9 Å². The summed E-state index contributed by atoms with van der Waals surface area (Å²) in [4.78, 5) is 17.1. The summed E-state index contributed by atoms with van der Waals surface area (Å²) < 4.78 is 2.09. The Morgan fingerprint density at radius 1 is 0.833 bits per heavy atom. The van der Waals surface area contributed by atoms with Crippen LogP contribution in [0.1, 0.15) is 12.8 Å². The molecule has 1 aliphatic heterocycles. The second-order valence-corrected chi connectivity index (χ2v) is 10.1. The minimum Gasteiger partial charge on any atom is -0.368 e. The number of thioether (sulfide) groups is 1. The summed E-state index contributed by atoms with van der Waals surface area (Å²) in [5, 5.41) is 10.6. The van der Waals surface area contributed by atoms with Crippen molar-refractivity contribution in [3.8, 4) is 17.1 Å². The number of hydrogen-bond acceptors (Lipinski definition) is 5. The third-order valence-electron chi connectivity index (χ3n) is 6.25. The SMILES string of the molecule is O=C(CCCSc1nnc(-c2ccccc2)n1-c1ccccc1)N1CCN(c2cccc(Cl)c2)CC1. The van der Waals surface area contributed by atoms with Crippen LogP contribution in [-0.4, -0.2) is 57.5 Å². The molecule has 0 N–H and O–H groups in total. The van der Waals surface area contributed by atoms with Crippen LogP contribution in [0.4, 0.5) is 5.69 Å². The number of piperazine rings is 1. The molecule has 4 aromatic rings. The van der Waals surface area contributed by atoms with Gasteiger partial charge in [0.15, 0.2) is 11.0 Å². The summed E-state index contributed by atoms with van der Waals surface area (Å²) >= 11 is 7.78. The summed E-state index contributed by atoms with van der Waals surface area (Å²) in [6.45, 7) is 3.12. The fraction of sp³-hybridized carbons (Fsp3) is 0.250. The molecule has 1 fully saturated rings. The van der Waals surface area contributed by atoms with E-state index in [-0.39, 0.29) is 5.91 Å². The molecule has 0 aliphatic carbocycles. The van der Waals surface area contributed by atoms with Crippen LogP contribution in [0.3, 0.4) is 0 Å². The van der Waals surface area contributed by atoms with Crippen LogP contribution >= 0.6 is 23.4 Å². The Morgan fingerprint density at radius 3 is 2.25 bits per heavy atom. The lowest BCUT2D eigenvalue weighted by molar-refractivity contribution is -0.131. The number of halogens is 1. The largest absolute Gasteiger partial charge is 0.368 e. The number of benzene rings is 3. The first-order chi connectivity index (χ1) is 17.7. The van der Waals surface area contributed by atoms with E-state index in [9.17, 15) is 4.79 Å². The van der Waals surface area contributed by atoms with Crippen LogP contribution in [0.15, 0.2) is 90.1 Å². The highest BCUT2D eigenvalue weighted by atomic mass is 35.5. The lowest BCUT2D eigenvalue weighted by atomic mass is 10.2. The zero-order valence-corrected chi connectivity index (χ0v) is 21.5. The van der Waals surface area contributed by atoms with E-state index in [0.29, 0.717) is 6.42 Å². The Bertz CT molecular complexity index is 1290. The van der Waals surface area contributed by atoms with Gasteiger partial charge >= 0.3 is 0 Å². The van der Waals surface area contributed by atoms with Gasteiger partial charge in [0.2, 0.25) is 5.91 Å². The molecule has 0 unspecified atom stereocenters. The van der Waals surface area contributed by atoms with Gasteiger partial charge in [-0.1, -0.05) is 78.0 Å². The molecule has 0 bridgehead atoms. The summed E-state index contributed by atoms with van der Waals surface area (Å²) in [7, 11) is 0. The minimum atomic E-state index is 0.218. The number of rotatable bonds is 8. The van der Waals surface area contributed by atoms with Crippen LogP contribution in [0, 0.1) is 0 Å². The number of hydrogen-bond donors (Lipinski definition) is 0. The van der Waals surface area contributed by atoms with E-state index >= 15 is 0 Å². The predicted molar refractivity (Wildman–Crippen MR) is 147 cm³/mol. The molecule has 0 radical (unpaired) electrons. The monoisotopic (exact) mass is 517 g/mol. The van der Waals surface area contributed by atoms with Gasteiger partial charge in [-0.15, -0.1) is 10.2 Å². The van der Waals surface area contributed by atoms with Gasteiger partial charge in [0.25, 0.3) is 0 Å². The molecule has 1 aromatic heterocycles. The van der Waals surface area contributed by atoms with Crippen LogP contribution in [0.25, 0.3) is 17.1 Å². The van der Waals surface area contributed by atoms with Gasteiger partial charge in [0.05, 0.1) is 0 Å². The quantitative estimate of drug-likeness (QED) is 0.218. The molecular weight excluding hydrogens is 490 g/mol. The molecule has 6 nitrogen and oxygen atoms in total. The minimum absolute atomic E-state index is 0.218. The zero-order chi connectivity index (χ0) is 24.7. The first kappa shape index (κ1) is 24.4. The highest BCUT2D eigenvalue weighted by Gasteiger charge is 2.21. The summed E-state index contributed by atoms with van der Waals surface area (Å²) in [6.07, 6.45) is 1.33. The Hall–Kier alpha value is -3.29. The molecule has 184 valence electrons. The topological polar surface area (TPSA) is 54.3 Å². The van der Waals surface area contributed by atoms with Crippen LogP contribution < -0.4 is 4.90 Å². The van der Waals surface area contributed by atoms with E-state index in [4.69, 9.17) is 11.6 Å². The van der Waals surface area contributed by atoms with Crippen molar-refractivity contribution in [2.24, 2.45) is 0 Å². The van der Waals surface area contributed by atoms with E-state index in [1.165, 1.54) is 0 Å². The number of nitrogens with zero attached hydrogens (tertiary/aromatic N) is 5. The highest BCUT2D eigenvalue weighted by molar-refractivity contribution is 7.99. The number of carbonyl (C=O) groups excluding carboxylic acids is 1. The van der Waals surface area contributed by atoms with Crippen molar-refractivity contribution >= 4 is 35.0 Å². The van der Waals surface area contributed by atoms with Gasteiger partial charge in [-0.05, 0) is 36.8 Å². The fourth-order valence-electron chi connectivity index (χ4n) is 4.38. The second-order valence-electron chi connectivity index (χ2n) is 8.64. The highest BCUT2D eigenvalue weighted by Crippen LogP contribution is 2.28. The maximum absolute atomic E-state index is 12.8. The summed E-state index contributed by atoms with van der Waals surface area (Å²) in [6, 6.07) is 28.2. The zero-order valence-electron chi connectivity index (χ0n) is 20.0. The van der Waals surface area contributed by atoms with Crippen molar-refractivity contribution in [2.45, 2.75) is 18.0 Å². The Kier molecular flexibility index (Phi) is 7.88. The number of aromatic nitrogens is 3. The molecule has 0 saturated carbocycles. The predicted octanol–water partition coefficient (Wildman–Crippen LogP) is 5.81. The fourth-order valence-corrected chi connectivity index (χ4v) is 5.45. The molecule has 8 heteroatoms. The van der Waals surface area contributed by atoms with Gasteiger partial charge < -0.3 is 9.80 Å². The van der Waals surface area contributed by atoms with Crippen LogP contribution in [-0.2, 0) is 4.79 Å². The van der Waals surface area contributed by atoms with E-state index in [1.807, 2.05) is 71.6 Å². The van der Waals surface area contributed by atoms with Gasteiger partial charge in [0.1, 0.15) is 0 Å². The normalized spacial score (nSPS) is 13.7. The van der Waals surface area contributed by atoms with E-state index in [0.717, 1.165) is 71.3 Å². The lowest BCUT2D eigenvalue weighted by Crippen LogP contribution is -2.48. The van der Waals surface area contributed by atoms with Gasteiger partial charge in [-0.2, -0.15) is 0 Å². The first-order valence-corrected chi connectivity index (χ1v) is 13.5. The summed E-state index contributed by atoms with van der Waals surface area (Å²) in [5.41, 5.74) is 3.16. The average molecular weight is 518 g/mol. The number of para-hydroxylation sites is 1. The Balaban J connectivity index is 1.16. The van der Waals surface area contributed by atoms with Crippen molar-refractivity contribution in [1.29, 1.82) is 0 Å². The maximum Gasteiger partial charge on any atom is 0.222 e. The van der Waals surface area contributed by atoms with Crippen molar-refractivity contribution in [1.82, 2.24) is 19.7 Å². The number of anilines is 1. The molecule has 3 aromatic carbocycles. The van der Waals surface area contributed by atoms with E-state index < -0.39 is 0 Å². The third-order valence-corrected chi connectivity index (χ3v) is 7.50. The molecule has 36 heavy (non-hydrogen) atoms. The van der Waals surface area contributed by atoms with Gasteiger partial charge in [0, 0.05) is 60.3 Å². The van der Waals surface area contributed by atoms with Gasteiger partial charge in [-0.3, -0.25) is 9.36 Å². The Labute approximate surface area is 220 Å². The van der Waals surface area contributed by atoms with Crippen molar-refractivity contribution < 1.29 is 4.79 Å². The standard InChI is InChI=1S/C28H28ClN5OS/c29-23-11-7-14-25(21-23)32-16-18-33(19-17-32)26(35)15-8-20-36-28-31-30-27(22-9-3-1-4-10-22)34(28)24-12-5-2-6-13-24/h1-7,9-14,21H,8,15-20H2. The molecule has 0 atom stereocenters. The average Bonchev–Trinajstić information content (AvgIpc) is 3.36. The molecule has 1 amide bonds. The molecule has 2 heterocycles. The van der Waals surface area contributed by atoms with Crippen LogP contribution in [0.2, 0.25) is 5.02 Å². The van der Waals surface area contributed by atoms with Crippen molar-refractivity contribution in [3.63, 3.8) is 0 Å². The molecule has 1 aliphatic rings. The second kappa shape index (κ2) is 11.6. The number of carbonyl (C=O) groups is 1. The first-order valence-electron chi connectivity index (χ1n) is 12.2. The third kappa shape index (κ3) is 5.74. The molecule has 1 saturated heterocycles. The van der Waals surface area contributed by atoms with Crippen molar-refractivity contribution in [3.05, 3.63) is 90.0 Å². The Morgan fingerprint density at radius 2 is 1.53 bits per heavy atom. The number of amides is 1. The smallest absolute Gasteiger partial charge is 0.222 e. The van der Waals surface area contributed by atoms with Crippen molar-refractivity contribution in [2.75, 3.05) is 36.8 Å². The lowest BCUT2D eigenvalue weighted by Gasteiger charge is -2.36. The maximum atomic E-state index is 12.8. The van der Waals surface area contributed by atoms with E-state index in [1.54, 1.807) is 11.8 Å². The summed E-state index contributed by atoms with van der Waals surface area (Å²) in [5.74, 6) is 1.84. The molecule has 5 rings (SSSR count). The van der Waals surface area contributed by atoms with Crippen LogP contribution in [0.5, 0.6) is 0 Å². The molecule has 0 spiro atoms. The van der Waals surface area contributed by atoms with Gasteiger partial charge in [-0.25, -0.2) is 0 Å². The molecular formula is C28H28ClN5OS.